The number of anilines is 1. The first-order valence-corrected chi connectivity index (χ1v) is 10.9. The average Bonchev–Trinajstić information content (AvgIpc) is 2.77. The lowest BCUT2D eigenvalue weighted by molar-refractivity contribution is -0.113. The maximum Gasteiger partial charge on any atom is 0.262 e. The SMILES string of the molecule is CCC(C)n1c(SCC(=O)Nc2ccc3c(c2)OCCO3)nc2ccccc2c1=O. The number of benzene rings is 2. The number of fused-ring (bicyclic) bond motifs is 2. The maximum absolute atomic E-state index is 13.0. The van der Waals surface area contributed by atoms with Crippen LogP contribution in [-0.2, 0) is 4.79 Å². The predicted octanol–water partition coefficient (Wildman–Crippen LogP) is 3.87. The molecular formula is C22H23N3O4S. The summed E-state index contributed by atoms with van der Waals surface area (Å²) < 4.78 is 12.7. The van der Waals surface area contributed by atoms with E-state index in [1.807, 2.05) is 32.0 Å². The van der Waals surface area contributed by atoms with Gasteiger partial charge in [-0.2, -0.15) is 0 Å². The standard InChI is InChI=1S/C22H23N3O4S/c1-3-14(2)25-21(27)16-6-4-5-7-17(16)24-22(25)30-13-20(26)23-15-8-9-18-19(12-15)29-11-10-28-18/h4-9,12,14H,3,10-11,13H2,1-2H3,(H,23,26). The molecule has 0 bridgehead atoms. The molecule has 1 unspecified atom stereocenters. The van der Waals surface area contributed by atoms with Crippen LogP contribution < -0.4 is 20.3 Å². The number of hydrogen-bond donors (Lipinski definition) is 1. The van der Waals surface area contributed by atoms with Gasteiger partial charge in [0.1, 0.15) is 13.2 Å². The first-order chi connectivity index (χ1) is 14.6. The van der Waals surface area contributed by atoms with Crippen LogP contribution in [0.25, 0.3) is 10.9 Å². The van der Waals surface area contributed by atoms with Crippen molar-refractivity contribution in [3.05, 3.63) is 52.8 Å². The molecule has 156 valence electrons. The number of hydrogen-bond acceptors (Lipinski definition) is 6. The molecule has 0 saturated heterocycles. The Morgan fingerprint density at radius 2 is 1.97 bits per heavy atom. The van der Waals surface area contributed by atoms with E-state index >= 15 is 0 Å². The number of thioether (sulfide) groups is 1. The van der Waals surface area contributed by atoms with Gasteiger partial charge in [-0.1, -0.05) is 30.8 Å². The Kier molecular flexibility index (Phi) is 5.94. The Morgan fingerprint density at radius 1 is 1.20 bits per heavy atom. The van der Waals surface area contributed by atoms with Gasteiger partial charge in [0.15, 0.2) is 16.7 Å². The van der Waals surface area contributed by atoms with Crippen LogP contribution in [0.1, 0.15) is 26.3 Å². The second kappa shape index (κ2) is 8.79. The number of para-hydroxylation sites is 1. The summed E-state index contributed by atoms with van der Waals surface area (Å²) in [7, 11) is 0. The summed E-state index contributed by atoms with van der Waals surface area (Å²) in [6.45, 7) is 5.01. The smallest absolute Gasteiger partial charge is 0.262 e. The van der Waals surface area contributed by atoms with Gasteiger partial charge in [-0.05, 0) is 37.6 Å². The molecule has 0 spiro atoms. The zero-order chi connectivity index (χ0) is 21.1. The van der Waals surface area contributed by atoms with Crippen molar-refractivity contribution >= 4 is 34.3 Å². The quantitative estimate of drug-likeness (QED) is 0.477. The fourth-order valence-electron chi connectivity index (χ4n) is 3.25. The molecule has 1 N–H and O–H groups in total. The van der Waals surface area contributed by atoms with Crippen molar-refractivity contribution in [1.29, 1.82) is 0 Å². The van der Waals surface area contributed by atoms with Gasteiger partial charge < -0.3 is 14.8 Å². The number of nitrogens with one attached hydrogen (secondary N) is 1. The molecule has 2 heterocycles. The predicted molar refractivity (Wildman–Crippen MR) is 118 cm³/mol. The second-order valence-electron chi connectivity index (χ2n) is 7.04. The van der Waals surface area contributed by atoms with Crippen LogP contribution in [0, 0.1) is 0 Å². The molecule has 1 atom stereocenters. The first-order valence-electron chi connectivity index (χ1n) is 9.90. The Balaban J connectivity index is 1.53. The highest BCUT2D eigenvalue weighted by molar-refractivity contribution is 7.99. The fourth-order valence-corrected chi connectivity index (χ4v) is 4.14. The third kappa shape index (κ3) is 4.14. The Morgan fingerprint density at radius 3 is 2.77 bits per heavy atom. The molecule has 7 nitrogen and oxygen atoms in total. The summed E-state index contributed by atoms with van der Waals surface area (Å²) in [6, 6.07) is 12.6. The van der Waals surface area contributed by atoms with E-state index in [0.29, 0.717) is 46.5 Å². The lowest BCUT2D eigenvalue weighted by Crippen LogP contribution is -2.26. The minimum Gasteiger partial charge on any atom is -0.486 e. The van der Waals surface area contributed by atoms with Crippen LogP contribution in [0.3, 0.4) is 0 Å². The zero-order valence-electron chi connectivity index (χ0n) is 16.9. The molecule has 4 rings (SSSR count). The van der Waals surface area contributed by atoms with Crippen molar-refractivity contribution in [3.63, 3.8) is 0 Å². The van der Waals surface area contributed by atoms with E-state index in [2.05, 4.69) is 10.3 Å². The van der Waals surface area contributed by atoms with Crippen molar-refractivity contribution in [2.24, 2.45) is 0 Å². The number of aromatic nitrogens is 2. The first kappa shape index (κ1) is 20.3. The summed E-state index contributed by atoms with van der Waals surface area (Å²) in [5.41, 5.74) is 1.19. The second-order valence-corrected chi connectivity index (χ2v) is 7.98. The molecule has 1 aromatic heterocycles. The van der Waals surface area contributed by atoms with Gasteiger partial charge >= 0.3 is 0 Å². The van der Waals surface area contributed by atoms with Crippen LogP contribution in [0.4, 0.5) is 5.69 Å². The number of nitrogens with zero attached hydrogens (tertiary/aromatic N) is 2. The number of amides is 1. The van der Waals surface area contributed by atoms with Gasteiger partial charge in [0.05, 0.1) is 16.7 Å². The highest BCUT2D eigenvalue weighted by atomic mass is 32.2. The van der Waals surface area contributed by atoms with E-state index in [0.717, 1.165) is 6.42 Å². The fraction of sp³-hybridized carbons (Fsp3) is 0.318. The topological polar surface area (TPSA) is 82.5 Å². The molecule has 1 amide bonds. The van der Waals surface area contributed by atoms with Crippen LogP contribution >= 0.6 is 11.8 Å². The van der Waals surface area contributed by atoms with Gasteiger partial charge in [0.25, 0.3) is 5.56 Å². The van der Waals surface area contributed by atoms with Crippen LogP contribution in [0.15, 0.2) is 52.4 Å². The van der Waals surface area contributed by atoms with Crippen molar-refractivity contribution in [2.75, 3.05) is 24.3 Å². The van der Waals surface area contributed by atoms with Crippen molar-refractivity contribution in [2.45, 2.75) is 31.5 Å². The number of carbonyl (C=O) groups is 1. The molecular weight excluding hydrogens is 402 g/mol. The van der Waals surface area contributed by atoms with Gasteiger partial charge in [0, 0.05) is 17.8 Å². The summed E-state index contributed by atoms with van der Waals surface area (Å²) in [6.07, 6.45) is 0.789. The van der Waals surface area contributed by atoms with Crippen molar-refractivity contribution in [3.8, 4) is 11.5 Å². The minimum atomic E-state index is -0.185. The molecule has 0 radical (unpaired) electrons. The van der Waals surface area contributed by atoms with E-state index in [1.165, 1.54) is 11.8 Å². The summed E-state index contributed by atoms with van der Waals surface area (Å²) in [5.74, 6) is 1.24. The number of ether oxygens (including phenoxy) is 2. The molecule has 8 heteroatoms. The third-order valence-electron chi connectivity index (χ3n) is 4.97. The van der Waals surface area contributed by atoms with Gasteiger partial charge in [-0.25, -0.2) is 4.98 Å². The van der Waals surface area contributed by atoms with Crippen molar-refractivity contribution < 1.29 is 14.3 Å². The summed E-state index contributed by atoms with van der Waals surface area (Å²) in [4.78, 5) is 30.2. The third-order valence-corrected chi connectivity index (χ3v) is 5.92. The highest BCUT2D eigenvalue weighted by Gasteiger charge is 2.17. The van der Waals surface area contributed by atoms with E-state index < -0.39 is 0 Å². The van der Waals surface area contributed by atoms with Gasteiger partial charge in [-0.3, -0.25) is 14.2 Å². The Hall–Kier alpha value is -3.00. The van der Waals surface area contributed by atoms with Gasteiger partial charge in [0.2, 0.25) is 5.91 Å². The lowest BCUT2D eigenvalue weighted by atomic mass is 10.2. The van der Waals surface area contributed by atoms with E-state index in [9.17, 15) is 9.59 Å². The molecule has 3 aromatic rings. The molecule has 1 aliphatic heterocycles. The lowest BCUT2D eigenvalue weighted by Gasteiger charge is -2.19. The molecule has 0 aliphatic carbocycles. The highest BCUT2D eigenvalue weighted by Crippen LogP contribution is 2.32. The normalized spacial score (nSPS) is 13.8. The Labute approximate surface area is 178 Å². The molecule has 30 heavy (non-hydrogen) atoms. The van der Waals surface area contributed by atoms with Crippen LogP contribution in [0.2, 0.25) is 0 Å². The van der Waals surface area contributed by atoms with E-state index in [1.54, 1.807) is 28.8 Å². The van der Waals surface area contributed by atoms with Gasteiger partial charge in [-0.15, -0.1) is 0 Å². The summed E-state index contributed by atoms with van der Waals surface area (Å²) in [5, 5.41) is 4.00. The Bertz CT molecular complexity index is 1140. The van der Waals surface area contributed by atoms with E-state index in [-0.39, 0.29) is 23.3 Å². The molecule has 1 aliphatic rings. The number of carbonyl (C=O) groups excluding carboxylic acids is 1. The van der Waals surface area contributed by atoms with E-state index in [4.69, 9.17) is 9.47 Å². The molecule has 0 fully saturated rings. The largest absolute Gasteiger partial charge is 0.486 e. The zero-order valence-corrected chi connectivity index (χ0v) is 17.7. The van der Waals surface area contributed by atoms with Crippen LogP contribution in [-0.4, -0.2) is 34.4 Å². The average molecular weight is 426 g/mol. The molecule has 0 saturated carbocycles. The maximum atomic E-state index is 13.0. The van der Waals surface area contributed by atoms with Crippen LogP contribution in [0.5, 0.6) is 11.5 Å². The minimum absolute atomic E-state index is 0.0158. The monoisotopic (exact) mass is 425 g/mol. The van der Waals surface area contributed by atoms with Crippen molar-refractivity contribution in [1.82, 2.24) is 9.55 Å². The number of rotatable bonds is 6. The summed E-state index contributed by atoms with van der Waals surface area (Å²) >= 11 is 1.26. The molecule has 2 aromatic carbocycles.